The highest BCUT2D eigenvalue weighted by Gasteiger charge is 2.34. The molecule has 2 heterocycles. The van der Waals surface area contributed by atoms with E-state index in [-0.39, 0.29) is 17.6 Å². The third-order valence-corrected chi connectivity index (χ3v) is 6.69. The number of anilines is 1. The summed E-state index contributed by atoms with van der Waals surface area (Å²) in [5.74, 6) is 1.62. The summed E-state index contributed by atoms with van der Waals surface area (Å²) in [4.78, 5) is 19.5. The Bertz CT molecular complexity index is 1350. The van der Waals surface area contributed by atoms with Crippen LogP contribution in [0.5, 0.6) is 5.75 Å². The van der Waals surface area contributed by atoms with Crippen LogP contribution in [-0.4, -0.2) is 28.6 Å². The molecule has 35 heavy (non-hydrogen) atoms. The Morgan fingerprint density at radius 1 is 1.03 bits per heavy atom. The number of aryl methyl sites for hydroxylation is 3. The van der Waals surface area contributed by atoms with Crippen LogP contribution in [-0.2, 0) is 11.3 Å². The molecule has 0 unspecified atom stereocenters. The lowest BCUT2D eigenvalue weighted by Gasteiger charge is -2.17. The fraction of sp³-hybridized carbons (Fsp3) is 0.310. The minimum atomic E-state index is -0.305. The summed E-state index contributed by atoms with van der Waals surface area (Å²) >= 11 is 0. The van der Waals surface area contributed by atoms with Gasteiger partial charge in [-0.2, -0.15) is 0 Å². The van der Waals surface area contributed by atoms with E-state index in [4.69, 9.17) is 9.72 Å². The van der Waals surface area contributed by atoms with E-state index < -0.39 is 0 Å². The number of unbranched alkanes of at least 4 members (excludes halogenated alkanes) is 1. The van der Waals surface area contributed by atoms with Crippen LogP contribution in [0.25, 0.3) is 11.0 Å². The number of ether oxygens (including phenoxy) is 1. The number of rotatable bonds is 8. The van der Waals surface area contributed by atoms with Crippen molar-refractivity contribution < 1.29 is 13.9 Å². The predicted octanol–water partition coefficient (Wildman–Crippen LogP) is 6.17. The van der Waals surface area contributed by atoms with Crippen molar-refractivity contribution in [2.45, 2.75) is 45.6 Å². The molecule has 6 heteroatoms. The van der Waals surface area contributed by atoms with Crippen LogP contribution in [0, 0.1) is 19.7 Å². The van der Waals surface area contributed by atoms with E-state index in [1.165, 1.54) is 17.7 Å². The van der Waals surface area contributed by atoms with Crippen LogP contribution in [0.15, 0.2) is 66.7 Å². The van der Waals surface area contributed by atoms with Crippen LogP contribution in [0.2, 0.25) is 0 Å². The molecule has 5 nitrogen and oxygen atoms in total. The summed E-state index contributed by atoms with van der Waals surface area (Å²) in [6, 6.07) is 20.5. The number of benzene rings is 3. The largest absolute Gasteiger partial charge is 0.493 e. The number of fused-ring (bicyclic) bond motifs is 1. The molecule has 1 atom stereocenters. The van der Waals surface area contributed by atoms with Crippen LogP contribution in [0.4, 0.5) is 10.1 Å². The maximum Gasteiger partial charge on any atom is 0.227 e. The Kier molecular flexibility index (Phi) is 6.53. The summed E-state index contributed by atoms with van der Waals surface area (Å²) in [5, 5.41) is 0. The van der Waals surface area contributed by atoms with Crippen molar-refractivity contribution in [1.29, 1.82) is 0 Å². The van der Waals surface area contributed by atoms with Crippen LogP contribution in [0.1, 0.15) is 42.1 Å². The van der Waals surface area contributed by atoms with E-state index in [1.54, 1.807) is 17.0 Å². The molecule has 0 bridgehead atoms. The zero-order valence-corrected chi connectivity index (χ0v) is 20.2. The summed E-state index contributed by atoms with van der Waals surface area (Å²) in [6.45, 7) is 6.16. The lowest BCUT2D eigenvalue weighted by Crippen LogP contribution is -2.24. The van der Waals surface area contributed by atoms with Gasteiger partial charge in [0, 0.05) is 31.1 Å². The fourth-order valence-corrected chi connectivity index (χ4v) is 4.81. The fourth-order valence-electron chi connectivity index (χ4n) is 4.81. The molecule has 0 radical (unpaired) electrons. The van der Waals surface area contributed by atoms with Gasteiger partial charge in [0.1, 0.15) is 17.4 Å². The number of carbonyl (C=O) groups excluding carboxylic acids is 1. The zero-order chi connectivity index (χ0) is 24.4. The first-order chi connectivity index (χ1) is 17.0. The Morgan fingerprint density at radius 2 is 1.83 bits per heavy atom. The second-order valence-electron chi connectivity index (χ2n) is 9.32. The molecule has 1 aromatic heterocycles. The molecule has 0 N–H and O–H groups in total. The molecular formula is C29H30FN3O2. The van der Waals surface area contributed by atoms with Gasteiger partial charge in [0.2, 0.25) is 5.91 Å². The third-order valence-electron chi connectivity index (χ3n) is 6.69. The quantitative estimate of drug-likeness (QED) is 0.289. The predicted molar refractivity (Wildman–Crippen MR) is 136 cm³/mol. The molecule has 0 aliphatic carbocycles. The molecular weight excluding hydrogens is 441 g/mol. The minimum absolute atomic E-state index is 0.00820. The van der Waals surface area contributed by atoms with Crippen molar-refractivity contribution in [3.8, 4) is 5.75 Å². The summed E-state index contributed by atoms with van der Waals surface area (Å²) < 4.78 is 21.7. The second-order valence-corrected chi connectivity index (χ2v) is 9.32. The molecule has 1 fully saturated rings. The van der Waals surface area contributed by atoms with Crippen molar-refractivity contribution in [2.75, 3.05) is 18.1 Å². The minimum Gasteiger partial charge on any atom is -0.493 e. The van der Waals surface area contributed by atoms with Gasteiger partial charge >= 0.3 is 0 Å². The number of nitrogens with zero attached hydrogens (tertiary/aromatic N) is 3. The lowest BCUT2D eigenvalue weighted by atomic mass is 10.1. The van der Waals surface area contributed by atoms with Crippen molar-refractivity contribution in [1.82, 2.24) is 9.55 Å². The topological polar surface area (TPSA) is 47.4 Å². The van der Waals surface area contributed by atoms with Gasteiger partial charge in [-0.25, -0.2) is 9.37 Å². The first kappa shape index (κ1) is 23.1. The zero-order valence-electron chi connectivity index (χ0n) is 20.2. The van der Waals surface area contributed by atoms with Gasteiger partial charge in [-0.1, -0.05) is 24.3 Å². The Hall–Kier alpha value is -3.67. The number of imidazole rings is 1. The maximum absolute atomic E-state index is 13.4. The molecule has 1 aliphatic rings. The Balaban J connectivity index is 1.29. The summed E-state index contributed by atoms with van der Waals surface area (Å²) in [5.41, 5.74) is 5.11. The molecule has 0 saturated carbocycles. The van der Waals surface area contributed by atoms with Crippen LogP contribution >= 0.6 is 0 Å². The molecule has 3 aromatic carbocycles. The highest BCUT2D eigenvalue weighted by atomic mass is 19.1. The van der Waals surface area contributed by atoms with E-state index in [9.17, 15) is 9.18 Å². The Labute approximate surface area is 205 Å². The first-order valence-corrected chi connectivity index (χ1v) is 12.2. The molecule has 1 amide bonds. The summed E-state index contributed by atoms with van der Waals surface area (Å²) in [6.07, 6.45) is 2.27. The van der Waals surface area contributed by atoms with Crippen molar-refractivity contribution in [2.24, 2.45) is 0 Å². The average Bonchev–Trinajstić information content (AvgIpc) is 3.42. The third kappa shape index (κ3) is 4.92. The SMILES string of the molecule is Cc1ccc(C)c(OCCCCn2c([C@@H]3CC(=O)N(c4ccc(F)cc4)C3)nc3ccccc32)c1. The Morgan fingerprint density at radius 3 is 2.66 bits per heavy atom. The van der Waals surface area contributed by atoms with E-state index in [0.717, 1.165) is 53.2 Å². The van der Waals surface area contributed by atoms with Gasteiger partial charge in [0.15, 0.2) is 0 Å². The highest BCUT2D eigenvalue weighted by Crippen LogP contribution is 2.33. The number of hydrogen-bond acceptors (Lipinski definition) is 3. The monoisotopic (exact) mass is 471 g/mol. The normalized spacial score (nSPS) is 15.8. The van der Waals surface area contributed by atoms with E-state index in [0.29, 0.717) is 19.6 Å². The van der Waals surface area contributed by atoms with Crippen molar-refractivity contribution in [3.05, 3.63) is 89.5 Å². The average molecular weight is 472 g/mol. The molecule has 1 saturated heterocycles. The second kappa shape index (κ2) is 9.90. The van der Waals surface area contributed by atoms with Gasteiger partial charge in [-0.05, 0) is 80.3 Å². The molecule has 5 rings (SSSR count). The van der Waals surface area contributed by atoms with Crippen molar-refractivity contribution >= 4 is 22.6 Å². The van der Waals surface area contributed by atoms with Gasteiger partial charge in [-0.15, -0.1) is 0 Å². The van der Waals surface area contributed by atoms with E-state index in [2.05, 4.69) is 42.7 Å². The smallest absolute Gasteiger partial charge is 0.227 e. The number of para-hydroxylation sites is 2. The van der Waals surface area contributed by atoms with Gasteiger partial charge in [-0.3, -0.25) is 4.79 Å². The first-order valence-electron chi connectivity index (χ1n) is 12.2. The number of carbonyl (C=O) groups is 1. The van der Waals surface area contributed by atoms with Crippen molar-refractivity contribution in [3.63, 3.8) is 0 Å². The van der Waals surface area contributed by atoms with Gasteiger partial charge in [0.05, 0.1) is 17.6 Å². The number of aromatic nitrogens is 2. The molecule has 180 valence electrons. The van der Waals surface area contributed by atoms with Gasteiger partial charge < -0.3 is 14.2 Å². The van der Waals surface area contributed by atoms with E-state index in [1.807, 2.05) is 18.2 Å². The standard InChI is InChI=1S/C29H30FN3O2/c1-20-9-10-21(2)27(17-20)35-16-6-5-15-32-26-8-4-3-7-25(26)31-29(32)22-18-28(34)33(19-22)24-13-11-23(30)12-14-24/h3-4,7-14,17,22H,5-6,15-16,18-19H2,1-2H3/t22-/m1/s1. The maximum atomic E-state index is 13.4. The van der Waals surface area contributed by atoms with Gasteiger partial charge in [0.25, 0.3) is 0 Å². The molecule has 1 aliphatic heterocycles. The molecule has 4 aromatic rings. The lowest BCUT2D eigenvalue weighted by molar-refractivity contribution is -0.117. The van der Waals surface area contributed by atoms with Crippen LogP contribution < -0.4 is 9.64 Å². The number of amides is 1. The number of hydrogen-bond donors (Lipinski definition) is 0. The summed E-state index contributed by atoms with van der Waals surface area (Å²) in [7, 11) is 0. The van der Waals surface area contributed by atoms with E-state index >= 15 is 0 Å². The molecule has 0 spiro atoms. The van der Waals surface area contributed by atoms with Crippen LogP contribution in [0.3, 0.4) is 0 Å². The number of halogens is 1. The highest BCUT2D eigenvalue weighted by molar-refractivity contribution is 5.96.